The summed E-state index contributed by atoms with van der Waals surface area (Å²) >= 11 is 3.85. The molecule has 0 amide bonds. The molecule has 0 aromatic heterocycles. The van der Waals surface area contributed by atoms with Crippen LogP contribution >= 0.6 is 23.5 Å². The van der Waals surface area contributed by atoms with Crippen LogP contribution in [0.25, 0.3) is 0 Å². The lowest BCUT2D eigenvalue weighted by Crippen LogP contribution is -2.01. The van der Waals surface area contributed by atoms with Crippen LogP contribution < -0.4 is 0 Å². The quantitative estimate of drug-likeness (QED) is 0.595. The summed E-state index contributed by atoms with van der Waals surface area (Å²) in [5, 5.41) is 9.35. The molecule has 1 aromatic rings. The van der Waals surface area contributed by atoms with E-state index in [4.69, 9.17) is 5.11 Å². The second-order valence-corrected chi connectivity index (χ2v) is 6.57. The van der Waals surface area contributed by atoms with Gasteiger partial charge in [-0.1, -0.05) is 24.6 Å². The van der Waals surface area contributed by atoms with Crippen molar-refractivity contribution in [3.8, 4) is 0 Å². The van der Waals surface area contributed by atoms with Gasteiger partial charge in [-0.25, -0.2) is 0 Å². The van der Waals surface area contributed by atoms with Crippen molar-refractivity contribution in [2.45, 2.75) is 30.4 Å². The van der Waals surface area contributed by atoms with Gasteiger partial charge >= 0.3 is 0 Å². The van der Waals surface area contributed by atoms with Crippen LogP contribution in [-0.4, -0.2) is 28.5 Å². The zero-order valence-electron chi connectivity index (χ0n) is 9.98. The molecule has 1 aromatic carbocycles. The molecule has 0 fully saturated rings. The summed E-state index contributed by atoms with van der Waals surface area (Å²) in [6.07, 6.45) is 0.903. The Kier molecular flexibility index (Phi) is 7.01. The average Bonchev–Trinajstić information content (AvgIpc) is 2.27. The molecule has 0 saturated carbocycles. The van der Waals surface area contributed by atoms with Crippen molar-refractivity contribution in [2.75, 3.05) is 18.1 Å². The molecule has 0 radical (unpaired) electrons. The van der Waals surface area contributed by atoms with Crippen LogP contribution in [0, 0.1) is 6.92 Å². The number of thioether (sulfide) groups is 2. The number of benzene rings is 1. The summed E-state index contributed by atoms with van der Waals surface area (Å²) in [6, 6.07) is 8.68. The normalized spacial score (nSPS) is 12.7. The highest BCUT2D eigenvalue weighted by Crippen LogP contribution is 2.21. The fraction of sp³-hybridized carbons (Fsp3) is 0.538. The number of aliphatic hydroxyl groups is 1. The monoisotopic (exact) mass is 256 g/mol. The molecule has 0 saturated heterocycles. The summed E-state index contributed by atoms with van der Waals surface area (Å²) in [5.41, 5.74) is 1.32. The smallest absolute Gasteiger partial charge is 0.0441 e. The van der Waals surface area contributed by atoms with Gasteiger partial charge < -0.3 is 5.11 Å². The van der Waals surface area contributed by atoms with Crippen LogP contribution in [0.1, 0.15) is 18.9 Å². The first-order valence-electron chi connectivity index (χ1n) is 5.64. The maximum atomic E-state index is 8.78. The van der Waals surface area contributed by atoms with Gasteiger partial charge in [0.1, 0.15) is 0 Å². The van der Waals surface area contributed by atoms with Gasteiger partial charge in [-0.3, -0.25) is 0 Å². The average molecular weight is 256 g/mol. The highest BCUT2D eigenvalue weighted by atomic mass is 32.2. The Labute approximate surface area is 107 Å². The molecule has 1 nitrogen and oxygen atoms in total. The number of hydrogen-bond donors (Lipinski definition) is 1. The molecule has 1 atom stereocenters. The van der Waals surface area contributed by atoms with Gasteiger partial charge in [0.25, 0.3) is 0 Å². The van der Waals surface area contributed by atoms with Gasteiger partial charge in [0.05, 0.1) is 0 Å². The van der Waals surface area contributed by atoms with E-state index in [1.165, 1.54) is 10.5 Å². The Balaban J connectivity index is 2.13. The van der Waals surface area contributed by atoms with Crippen LogP contribution in [0.4, 0.5) is 0 Å². The van der Waals surface area contributed by atoms with Gasteiger partial charge in [0, 0.05) is 28.3 Å². The third-order valence-electron chi connectivity index (χ3n) is 2.31. The van der Waals surface area contributed by atoms with E-state index in [1.807, 2.05) is 23.5 Å². The molecule has 0 spiro atoms. The van der Waals surface area contributed by atoms with Gasteiger partial charge in [-0.2, -0.15) is 11.8 Å². The Morgan fingerprint density at radius 2 is 1.88 bits per heavy atom. The maximum absolute atomic E-state index is 8.78. The summed E-state index contributed by atoms with van der Waals surface area (Å²) in [4.78, 5) is 1.35. The largest absolute Gasteiger partial charge is 0.396 e. The maximum Gasteiger partial charge on any atom is 0.0441 e. The van der Waals surface area contributed by atoms with E-state index in [0.29, 0.717) is 11.9 Å². The zero-order valence-corrected chi connectivity index (χ0v) is 11.6. The van der Waals surface area contributed by atoms with Crippen molar-refractivity contribution in [3.05, 3.63) is 29.8 Å². The Morgan fingerprint density at radius 3 is 2.50 bits per heavy atom. The fourth-order valence-electron chi connectivity index (χ4n) is 1.31. The van der Waals surface area contributed by atoms with E-state index in [9.17, 15) is 0 Å². The van der Waals surface area contributed by atoms with Crippen molar-refractivity contribution in [1.29, 1.82) is 0 Å². The van der Waals surface area contributed by atoms with Crippen LogP contribution in [0.2, 0.25) is 0 Å². The van der Waals surface area contributed by atoms with E-state index >= 15 is 0 Å². The van der Waals surface area contributed by atoms with Crippen LogP contribution in [0.5, 0.6) is 0 Å². The molecule has 3 heteroatoms. The van der Waals surface area contributed by atoms with Gasteiger partial charge in [-0.15, -0.1) is 11.8 Å². The van der Waals surface area contributed by atoms with Gasteiger partial charge in [0.2, 0.25) is 0 Å². The van der Waals surface area contributed by atoms with Crippen molar-refractivity contribution in [3.63, 3.8) is 0 Å². The first-order valence-corrected chi connectivity index (χ1v) is 7.67. The molecule has 16 heavy (non-hydrogen) atoms. The second kappa shape index (κ2) is 8.04. The lowest BCUT2D eigenvalue weighted by Gasteiger charge is -2.08. The van der Waals surface area contributed by atoms with Crippen molar-refractivity contribution in [1.82, 2.24) is 0 Å². The van der Waals surface area contributed by atoms with Crippen molar-refractivity contribution < 1.29 is 5.11 Å². The first kappa shape index (κ1) is 13.9. The molecule has 1 rings (SSSR count). The van der Waals surface area contributed by atoms with E-state index in [-0.39, 0.29) is 0 Å². The predicted molar refractivity (Wildman–Crippen MR) is 75.5 cm³/mol. The third kappa shape index (κ3) is 5.83. The SMILES string of the molecule is Cc1ccc(SCCSC(C)CCO)cc1. The molecule has 0 heterocycles. The highest BCUT2D eigenvalue weighted by Gasteiger charge is 2.01. The van der Waals surface area contributed by atoms with Gasteiger partial charge in [-0.05, 0) is 25.5 Å². The third-order valence-corrected chi connectivity index (χ3v) is 4.83. The van der Waals surface area contributed by atoms with E-state index in [2.05, 4.69) is 38.1 Å². The molecule has 0 aliphatic rings. The van der Waals surface area contributed by atoms with Crippen LogP contribution in [-0.2, 0) is 0 Å². The summed E-state index contributed by atoms with van der Waals surface area (Å²) in [5.74, 6) is 2.29. The van der Waals surface area contributed by atoms with Crippen LogP contribution in [0.3, 0.4) is 0 Å². The number of hydrogen-bond acceptors (Lipinski definition) is 3. The molecular weight excluding hydrogens is 236 g/mol. The predicted octanol–water partition coefficient (Wildman–Crippen LogP) is 3.59. The van der Waals surface area contributed by atoms with Gasteiger partial charge in [0.15, 0.2) is 0 Å². The minimum atomic E-state index is 0.305. The standard InChI is InChI=1S/C13H20OS2/c1-11-3-5-13(6-4-11)16-10-9-15-12(2)7-8-14/h3-6,12,14H,7-10H2,1-2H3. The van der Waals surface area contributed by atoms with Crippen LogP contribution in [0.15, 0.2) is 29.2 Å². The molecule has 0 aliphatic heterocycles. The lowest BCUT2D eigenvalue weighted by molar-refractivity contribution is 0.289. The fourth-order valence-corrected chi connectivity index (χ4v) is 3.27. The van der Waals surface area contributed by atoms with E-state index in [1.54, 1.807) is 0 Å². The molecule has 0 aliphatic carbocycles. The second-order valence-electron chi connectivity index (χ2n) is 3.86. The summed E-state index contributed by atoms with van der Waals surface area (Å²) in [7, 11) is 0. The summed E-state index contributed by atoms with van der Waals surface area (Å²) < 4.78 is 0. The molecule has 1 unspecified atom stereocenters. The minimum Gasteiger partial charge on any atom is -0.396 e. The number of aryl methyl sites for hydroxylation is 1. The Hall–Kier alpha value is -0.120. The molecule has 1 N–H and O–H groups in total. The lowest BCUT2D eigenvalue weighted by atomic mass is 10.2. The number of rotatable bonds is 7. The topological polar surface area (TPSA) is 20.2 Å². The molecular formula is C13H20OS2. The summed E-state index contributed by atoms with van der Waals surface area (Å²) in [6.45, 7) is 4.59. The Bertz CT molecular complexity index is 284. The Morgan fingerprint density at radius 1 is 1.19 bits per heavy atom. The molecule has 90 valence electrons. The minimum absolute atomic E-state index is 0.305. The zero-order chi connectivity index (χ0) is 11.8. The highest BCUT2D eigenvalue weighted by molar-refractivity contribution is 8.03. The van der Waals surface area contributed by atoms with E-state index < -0.39 is 0 Å². The molecule has 0 bridgehead atoms. The van der Waals surface area contributed by atoms with Crippen molar-refractivity contribution in [2.24, 2.45) is 0 Å². The number of aliphatic hydroxyl groups excluding tert-OH is 1. The van der Waals surface area contributed by atoms with Crippen molar-refractivity contribution >= 4 is 23.5 Å². The van der Waals surface area contributed by atoms with E-state index in [0.717, 1.165) is 17.9 Å². The first-order chi connectivity index (χ1) is 7.72.